The molecule has 0 aromatic carbocycles. The minimum absolute atomic E-state index is 0.163. The van der Waals surface area contributed by atoms with E-state index < -0.39 is 0 Å². The number of hydrogen-bond donors (Lipinski definition) is 0. The number of carbonyl (C=O) groups is 1. The number of likely N-dealkylation sites (tertiary alicyclic amines) is 1. The van der Waals surface area contributed by atoms with Gasteiger partial charge < -0.3 is 9.47 Å². The number of hydrogen-bond acceptors (Lipinski definition) is 3. The third-order valence-electron chi connectivity index (χ3n) is 5.31. The molecule has 0 saturated carbocycles. The van der Waals surface area contributed by atoms with Crippen LogP contribution in [0.5, 0.6) is 0 Å². The maximum absolute atomic E-state index is 13.2. The topological polar surface area (TPSA) is 38.1 Å². The minimum Gasteiger partial charge on any atom is -0.338 e. The molecule has 0 N–H and O–H groups in total. The number of aryl methyl sites for hydroxylation is 2. The molecule has 4 nitrogen and oxygen atoms in total. The van der Waals surface area contributed by atoms with Gasteiger partial charge in [0.1, 0.15) is 4.88 Å². The summed E-state index contributed by atoms with van der Waals surface area (Å²) in [5.41, 5.74) is 4.66. The second-order valence-electron chi connectivity index (χ2n) is 6.93. The van der Waals surface area contributed by atoms with Gasteiger partial charge >= 0.3 is 0 Å². The lowest BCUT2D eigenvalue weighted by atomic mass is 9.90. The molecule has 0 spiro atoms. The molecule has 26 heavy (non-hydrogen) atoms. The number of nitrogens with zero attached hydrogens (tertiary/aromatic N) is 3. The molecule has 0 atom stereocenters. The van der Waals surface area contributed by atoms with Gasteiger partial charge in [-0.05, 0) is 73.9 Å². The van der Waals surface area contributed by atoms with E-state index in [4.69, 9.17) is 0 Å². The van der Waals surface area contributed by atoms with Crippen molar-refractivity contribution in [2.45, 2.75) is 32.6 Å². The molecule has 0 unspecified atom stereocenters. The summed E-state index contributed by atoms with van der Waals surface area (Å²) in [6.07, 6.45) is 5.73. The van der Waals surface area contributed by atoms with Crippen LogP contribution in [0.1, 0.15) is 45.4 Å². The Morgan fingerprint density at radius 3 is 2.35 bits per heavy atom. The number of thiophene rings is 1. The average molecular weight is 366 g/mol. The third-order valence-corrected chi connectivity index (χ3v) is 6.20. The molecule has 1 aliphatic heterocycles. The van der Waals surface area contributed by atoms with E-state index in [-0.39, 0.29) is 5.91 Å². The SMILES string of the molecule is Cc1ccc(C)n1-c1ccsc1C(=O)N1CCC(c2ccncc2)CC1. The first-order valence-corrected chi connectivity index (χ1v) is 9.95. The zero-order valence-electron chi connectivity index (χ0n) is 15.2. The summed E-state index contributed by atoms with van der Waals surface area (Å²) in [5, 5.41) is 2.02. The molecule has 0 radical (unpaired) electrons. The van der Waals surface area contributed by atoms with Crippen LogP contribution in [0, 0.1) is 13.8 Å². The Morgan fingerprint density at radius 1 is 1.04 bits per heavy atom. The molecule has 0 bridgehead atoms. The number of pyridine rings is 1. The van der Waals surface area contributed by atoms with Gasteiger partial charge in [0, 0.05) is 36.9 Å². The predicted octanol–water partition coefficient (Wildman–Crippen LogP) is 4.57. The highest BCUT2D eigenvalue weighted by Crippen LogP contribution is 2.31. The second-order valence-corrected chi connectivity index (χ2v) is 7.85. The molecule has 4 rings (SSSR count). The summed E-state index contributed by atoms with van der Waals surface area (Å²) >= 11 is 1.54. The molecule has 134 valence electrons. The van der Waals surface area contributed by atoms with E-state index in [2.05, 4.69) is 53.7 Å². The van der Waals surface area contributed by atoms with E-state index in [0.717, 1.165) is 47.9 Å². The minimum atomic E-state index is 0.163. The third kappa shape index (κ3) is 3.07. The van der Waals surface area contributed by atoms with E-state index in [1.807, 2.05) is 22.7 Å². The normalized spacial score (nSPS) is 15.4. The van der Waals surface area contributed by atoms with E-state index >= 15 is 0 Å². The fraction of sp³-hybridized carbons (Fsp3) is 0.333. The maximum Gasteiger partial charge on any atom is 0.266 e. The van der Waals surface area contributed by atoms with Crippen LogP contribution in [0.15, 0.2) is 48.1 Å². The standard InChI is InChI=1S/C21H23N3OS/c1-15-3-4-16(2)24(15)19-9-14-26-20(19)21(25)23-12-7-18(8-13-23)17-5-10-22-11-6-17/h3-6,9-11,14,18H,7-8,12-13H2,1-2H3. The van der Waals surface area contributed by atoms with E-state index in [0.29, 0.717) is 5.92 Å². The van der Waals surface area contributed by atoms with Crippen molar-refractivity contribution in [2.75, 3.05) is 13.1 Å². The summed E-state index contributed by atoms with van der Waals surface area (Å²) in [6.45, 7) is 5.79. The van der Waals surface area contributed by atoms with Gasteiger partial charge in [-0.3, -0.25) is 9.78 Å². The first-order valence-electron chi connectivity index (χ1n) is 9.07. The van der Waals surface area contributed by atoms with Gasteiger partial charge in [-0.15, -0.1) is 11.3 Å². The lowest BCUT2D eigenvalue weighted by Gasteiger charge is -2.32. The van der Waals surface area contributed by atoms with Crippen molar-refractivity contribution in [1.29, 1.82) is 0 Å². The van der Waals surface area contributed by atoms with Gasteiger partial charge in [-0.1, -0.05) is 0 Å². The number of aromatic nitrogens is 2. The monoisotopic (exact) mass is 365 g/mol. The van der Waals surface area contributed by atoms with Crippen molar-refractivity contribution < 1.29 is 4.79 Å². The molecule has 3 aromatic rings. The molecule has 1 fully saturated rings. The lowest BCUT2D eigenvalue weighted by molar-refractivity contribution is 0.0718. The fourth-order valence-electron chi connectivity index (χ4n) is 3.88. The van der Waals surface area contributed by atoms with Crippen LogP contribution < -0.4 is 0 Å². The number of amides is 1. The molecule has 1 amide bonds. The molecule has 1 saturated heterocycles. The van der Waals surface area contributed by atoms with Crippen LogP contribution in [-0.2, 0) is 0 Å². The zero-order valence-corrected chi connectivity index (χ0v) is 16.0. The van der Waals surface area contributed by atoms with Crippen LogP contribution in [-0.4, -0.2) is 33.4 Å². The molecule has 3 aromatic heterocycles. The Balaban J connectivity index is 1.51. The summed E-state index contributed by atoms with van der Waals surface area (Å²) < 4.78 is 2.17. The summed E-state index contributed by atoms with van der Waals surface area (Å²) in [6, 6.07) is 10.4. The highest BCUT2D eigenvalue weighted by atomic mass is 32.1. The first-order chi connectivity index (χ1) is 12.6. The van der Waals surface area contributed by atoms with Crippen molar-refractivity contribution in [3.63, 3.8) is 0 Å². The second kappa shape index (κ2) is 7.08. The Hall–Kier alpha value is -2.40. The molecule has 4 heterocycles. The van der Waals surface area contributed by atoms with Crippen LogP contribution in [0.25, 0.3) is 5.69 Å². The molecule has 1 aliphatic rings. The zero-order chi connectivity index (χ0) is 18.1. The van der Waals surface area contributed by atoms with Crippen molar-refractivity contribution >= 4 is 17.2 Å². The highest BCUT2D eigenvalue weighted by Gasteiger charge is 2.27. The van der Waals surface area contributed by atoms with Gasteiger partial charge in [0.15, 0.2) is 0 Å². The maximum atomic E-state index is 13.2. The Labute approximate surface area is 158 Å². The highest BCUT2D eigenvalue weighted by molar-refractivity contribution is 7.12. The van der Waals surface area contributed by atoms with Crippen molar-refractivity contribution in [3.8, 4) is 5.69 Å². The number of piperidine rings is 1. The van der Waals surface area contributed by atoms with Crippen molar-refractivity contribution in [2.24, 2.45) is 0 Å². The van der Waals surface area contributed by atoms with E-state index in [1.165, 1.54) is 5.56 Å². The van der Waals surface area contributed by atoms with Gasteiger partial charge in [0.25, 0.3) is 5.91 Å². The smallest absolute Gasteiger partial charge is 0.266 e. The van der Waals surface area contributed by atoms with Crippen LogP contribution in [0.3, 0.4) is 0 Å². The van der Waals surface area contributed by atoms with Gasteiger partial charge in [-0.2, -0.15) is 0 Å². The molecular weight excluding hydrogens is 342 g/mol. The molecular formula is C21H23N3OS. The first kappa shape index (κ1) is 17.0. The van der Waals surface area contributed by atoms with Gasteiger partial charge in [0.2, 0.25) is 0 Å². The quantitative estimate of drug-likeness (QED) is 0.682. The van der Waals surface area contributed by atoms with Crippen LogP contribution in [0.4, 0.5) is 0 Å². The molecule has 5 heteroatoms. The summed E-state index contributed by atoms with van der Waals surface area (Å²) in [7, 11) is 0. The Kier molecular flexibility index (Phi) is 4.64. The number of carbonyl (C=O) groups excluding carboxylic acids is 1. The van der Waals surface area contributed by atoms with Crippen LogP contribution >= 0.6 is 11.3 Å². The van der Waals surface area contributed by atoms with Crippen molar-refractivity contribution in [3.05, 3.63) is 69.9 Å². The summed E-state index contributed by atoms with van der Waals surface area (Å²) in [5.74, 6) is 0.689. The van der Waals surface area contributed by atoms with Crippen LogP contribution in [0.2, 0.25) is 0 Å². The average Bonchev–Trinajstić information content (AvgIpc) is 3.28. The largest absolute Gasteiger partial charge is 0.338 e. The Bertz CT molecular complexity index is 885. The molecule has 0 aliphatic carbocycles. The fourth-order valence-corrected chi connectivity index (χ4v) is 4.73. The van der Waals surface area contributed by atoms with Gasteiger partial charge in [0.05, 0.1) is 5.69 Å². The van der Waals surface area contributed by atoms with E-state index in [9.17, 15) is 4.79 Å². The summed E-state index contributed by atoms with van der Waals surface area (Å²) in [4.78, 5) is 20.1. The van der Waals surface area contributed by atoms with E-state index in [1.54, 1.807) is 11.3 Å². The Morgan fingerprint density at radius 2 is 1.69 bits per heavy atom. The van der Waals surface area contributed by atoms with Crippen molar-refractivity contribution in [1.82, 2.24) is 14.5 Å². The van der Waals surface area contributed by atoms with Gasteiger partial charge in [-0.25, -0.2) is 0 Å². The lowest BCUT2D eigenvalue weighted by Crippen LogP contribution is -2.38. The number of rotatable bonds is 3. The predicted molar refractivity (Wildman–Crippen MR) is 105 cm³/mol.